The average Bonchev–Trinajstić information content (AvgIpc) is 2.46. The Labute approximate surface area is 80.4 Å². The van der Waals surface area contributed by atoms with Crippen LogP contribution in [0.5, 0.6) is 0 Å². The number of ether oxygens (including phenoxy) is 2. The van der Waals surface area contributed by atoms with Gasteiger partial charge in [0, 0.05) is 6.42 Å². The highest BCUT2D eigenvalue weighted by atomic mass is 32.1. The Kier molecular flexibility index (Phi) is 1.42. The van der Waals surface area contributed by atoms with E-state index in [2.05, 4.69) is 10.6 Å². The van der Waals surface area contributed by atoms with Gasteiger partial charge in [0.05, 0.1) is 12.6 Å². The molecule has 3 fully saturated rings. The van der Waals surface area contributed by atoms with E-state index in [0.29, 0.717) is 18.1 Å². The number of fused-ring (bicyclic) bond motifs is 6. The maximum Gasteiger partial charge on any atom is 0.206 e. The van der Waals surface area contributed by atoms with Crippen molar-refractivity contribution in [1.82, 2.24) is 10.6 Å². The second kappa shape index (κ2) is 2.33. The zero-order valence-electron chi connectivity index (χ0n) is 6.82. The molecule has 3 rings (SSSR count). The largest absolute Gasteiger partial charge is 0.366 e. The number of hydrogen-bond donors (Lipinski definition) is 3. The van der Waals surface area contributed by atoms with Crippen molar-refractivity contribution in [2.45, 2.75) is 30.6 Å². The molecule has 3 aliphatic rings. The van der Waals surface area contributed by atoms with Gasteiger partial charge in [0.25, 0.3) is 0 Å². The standard InChI is InChI=1S/C7H10N2O3S/c10-7-1-3(8-6(13)9-7)4-2-11-5(7)12-4/h3-5,10H,1-2H2,(H2,8,9,13). The minimum Gasteiger partial charge on any atom is -0.366 e. The van der Waals surface area contributed by atoms with Gasteiger partial charge in [0.2, 0.25) is 6.29 Å². The van der Waals surface area contributed by atoms with Crippen LogP contribution in [0.2, 0.25) is 0 Å². The van der Waals surface area contributed by atoms with Crippen LogP contribution in [-0.2, 0) is 9.47 Å². The number of hydrogen-bond acceptors (Lipinski definition) is 4. The third-order valence-corrected chi connectivity index (χ3v) is 2.95. The first kappa shape index (κ1) is 7.93. The second-order valence-corrected chi connectivity index (χ2v) is 4.08. The van der Waals surface area contributed by atoms with E-state index in [9.17, 15) is 5.11 Å². The van der Waals surface area contributed by atoms with Gasteiger partial charge in [-0.05, 0) is 12.2 Å². The number of nitrogens with one attached hydrogen (secondary N) is 2. The topological polar surface area (TPSA) is 62.8 Å². The highest BCUT2D eigenvalue weighted by Crippen LogP contribution is 2.35. The van der Waals surface area contributed by atoms with Gasteiger partial charge < -0.3 is 25.2 Å². The molecule has 0 aromatic carbocycles. The Morgan fingerprint density at radius 3 is 3.31 bits per heavy atom. The van der Waals surface area contributed by atoms with E-state index >= 15 is 0 Å². The molecule has 3 N–H and O–H groups in total. The summed E-state index contributed by atoms with van der Waals surface area (Å²) in [5.41, 5.74) is -1.14. The molecule has 13 heavy (non-hydrogen) atoms. The lowest BCUT2D eigenvalue weighted by Crippen LogP contribution is -2.71. The van der Waals surface area contributed by atoms with Gasteiger partial charge >= 0.3 is 0 Å². The number of rotatable bonds is 0. The van der Waals surface area contributed by atoms with Crippen molar-refractivity contribution in [3.63, 3.8) is 0 Å². The predicted octanol–water partition coefficient (Wildman–Crippen LogP) is -1.33. The monoisotopic (exact) mass is 202 g/mol. The van der Waals surface area contributed by atoms with Gasteiger partial charge in [-0.3, -0.25) is 0 Å². The molecule has 3 saturated heterocycles. The zero-order valence-corrected chi connectivity index (χ0v) is 7.63. The molecule has 0 spiro atoms. The van der Waals surface area contributed by atoms with Crippen LogP contribution in [0.3, 0.4) is 0 Å². The van der Waals surface area contributed by atoms with Crippen molar-refractivity contribution in [3.8, 4) is 0 Å². The van der Waals surface area contributed by atoms with E-state index < -0.39 is 12.0 Å². The second-order valence-electron chi connectivity index (χ2n) is 3.67. The van der Waals surface area contributed by atoms with Crippen molar-refractivity contribution in [2.24, 2.45) is 0 Å². The summed E-state index contributed by atoms with van der Waals surface area (Å²) >= 11 is 4.97. The predicted molar refractivity (Wildman–Crippen MR) is 46.8 cm³/mol. The van der Waals surface area contributed by atoms with Crippen LogP contribution in [0.15, 0.2) is 0 Å². The molecule has 6 heteroatoms. The fourth-order valence-electron chi connectivity index (χ4n) is 2.10. The molecule has 0 aromatic heterocycles. The first-order chi connectivity index (χ1) is 6.17. The van der Waals surface area contributed by atoms with Crippen LogP contribution >= 0.6 is 12.2 Å². The molecule has 0 aliphatic carbocycles. The van der Waals surface area contributed by atoms with Crippen LogP contribution in [0, 0.1) is 0 Å². The van der Waals surface area contributed by atoms with Gasteiger partial charge in [-0.15, -0.1) is 0 Å². The van der Waals surface area contributed by atoms with Crippen LogP contribution < -0.4 is 10.6 Å². The van der Waals surface area contributed by atoms with E-state index in [0.717, 1.165) is 0 Å². The summed E-state index contributed by atoms with van der Waals surface area (Å²) in [6, 6.07) is 0.0671. The van der Waals surface area contributed by atoms with Crippen molar-refractivity contribution in [3.05, 3.63) is 0 Å². The molecule has 0 saturated carbocycles. The molecule has 4 unspecified atom stereocenters. The minimum atomic E-state index is -1.14. The van der Waals surface area contributed by atoms with Crippen molar-refractivity contribution >= 4 is 17.3 Å². The summed E-state index contributed by atoms with van der Waals surface area (Å²) in [5.74, 6) is 0. The first-order valence-corrected chi connectivity index (χ1v) is 4.66. The summed E-state index contributed by atoms with van der Waals surface area (Å²) in [5, 5.41) is 16.4. The molecule has 4 bridgehead atoms. The van der Waals surface area contributed by atoms with Crippen LogP contribution in [0.25, 0.3) is 0 Å². The summed E-state index contributed by atoms with van der Waals surface area (Å²) in [7, 11) is 0. The highest BCUT2D eigenvalue weighted by molar-refractivity contribution is 7.80. The van der Waals surface area contributed by atoms with Crippen molar-refractivity contribution in [1.29, 1.82) is 0 Å². The zero-order chi connectivity index (χ0) is 9.05. The van der Waals surface area contributed by atoms with E-state index in [1.54, 1.807) is 0 Å². The maximum atomic E-state index is 10.1. The third kappa shape index (κ3) is 0.999. The quantitative estimate of drug-likeness (QED) is 0.423. The fourth-order valence-corrected chi connectivity index (χ4v) is 2.43. The number of aliphatic hydroxyl groups is 1. The Balaban J connectivity index is 1.97. The SMILES string of the molecule is OC12CC(NC(=S)N1)C1COC2O1. The molecule has 5 nitrogen and oxygen atoms in total. The smallest absolute Gasteiger partial charge is 0.206 e. The molecule has 72 valence electrons. The van der Waals surface area contributed by atoms with Crippen molar-refractivity contribution in [2.75, 3.05) is 6.61 Å². The molecular formula is C7H10N2O3S. The minimum absolute atomic E-state index is 0.0188. The Hall–Kier alpha value is -0.430. The lowest BCUT2D eigenvalue weighted by Gasteiger charge is -2.45. The van der Waals surface area contributed by atoms with Gasteiger partial charge in [-0.1, -0.05) is 0 Å². The Morgan fingerprint density at radius 1 is 1.62 bits per heavy atom. The summed E-state index contributed by atoms with van der Waals surface area (Å²) in [6.07, 6.45) is 0.0155. The highest BCUT2D eigenvalue weighted by Gasteiger charge is 2.55. The fraction of sp³-hybridized carbons (Fsp3) is 0.857. The van der Waals surface area contributed by atoms with E-state index in [1.807, 2.05) is 0 Å². The van der Waals surface area contributed by atoms with Crippen LogP contribution in [0.4, 0.5) is 0 Å². The molecule has 3 heterocycles. The van der Waals surface area contributed by atoms with Crippen LogP contribution in [-0.4, -0.2) is 41.0 Å². The van der Waals surface area contributed by atoms with E-state index in [1.165, 1.54) is 0 Å². The van der Waals surface area contributed by atoms with Crippen LogP contribution in [0.1, 0.15) is 6.42 Å². The normalized spacial score (nSPS) is 52.7. The maximum absolute atomic E-state index is 10.1. The molecular weight excluding hydrogens is 192 g/mol. The Bertz CT molecular complexity index is 274. The summed E-state index contributed by atoms with van der Waals surface area (Å²) in [4.78, 5) is 0. The summed E-state index contributed by atoms with van der Waals surface area (Å²) < 4.78 is 10.8. The molecule has 4 atom stereocenters. The van der Waals surface area contributed by atoms with Gasteiger partial charge in [-0.25, -0.2) is 0 Å². The number of thiocarbonyl (C=S) groups is 1. The van der Waals surface area contributed by atoms with Crippen molar-refractivity contribution < 1.29 is 14.6 Å². The van der Waals surface area contributed by atoms with E-state index in [4.69, 9.17) is 21.7 Å². The van der Waals surface area contributed by atoms with E-state index in [-0.39, 0.29) is 12.1 Å². The van der Waals surface area contributed by atoms with Gasteiger partial charge in [0.1, 0.15) is 6.10 Å². The average molecular weight is 202 g/mol. The molecule has 0 amide bonds. The lowest BCUT2D eigenvalue weighted by atomic mass is 9.95. The Morgan fingerprint density at radius 2 is 2.46 bits per heavy atom. The third-order valence-electron chi connectivity index (χ3n) is 2.73. The first-order valence-electron chi connectivity index (χ1n) is 4.25. The van der Waals surface area contributed by atoms with Gasteiger partial charge in [-0.2, -0.15) is 0 Å². The van der Waals surface area contributed by atoms with Gasteiger partial charge in [0.15, 0.2) is 10.8 Å². The summed E-state index contributed by atoms with van der Waals surface area (Å²) in [6.45, 7) is 0.523. The molecule has 0 aromatic rings. The lowest BCUT2D eigenvalue weighted by molar-refractivity contribution is -0.228. The molecule has 3 aliphatic heterocycles. The molecule has 0 radical (unpaired) electrons.